The number of phenolic OH excluding ortho intramolecular Hbond substituents is 1. The van der Waals surface area contributed by atoms with Crippen molar-refractivity contribution >= 4 is 11.9 Å². The molecule has 31 heavy (non-hydrogen) atoms. The molecule has 2 aromatic rings. The molecule has 2 aromatic carbocycles. The van der Waals surface area contributed by atoms with Gasteiger partial charge in [0.2, 0.25) is 12.2 Å². The zero-order valence-corrected chi connectivity index (χ0v) is 17.4. The van der Waals surface area contributed by atoms with E-state index in [-0.39, 0.29) is 22.8 Å². The zero-order valence-electron chi connectivity index (χ0n) is 17.4. The van der Waals surface area contributed by atoms with Crippen molar-refractivity contribution in [1.82, 2.24) is 16.0 Å². The maximum Gasteiger partial charge on any atom is 0.258 e. The van der Waals surface area contributed by atoms with Gasteiger partial charge in [0, 0.05) is 25.0 Å². The summed E-state index contributed by atoms with van der Waals surface area (Å²) in [7, 11) is 1.70. The smallest absolute Gasteiger partial charge is 0.258 e. The van der Waals surface area contributed by atoms with Crippen molar-refractivity contribution in [3.63, 3.8) is 0 Å². The number of aromatic hydroxyl groups is 1. The highest BCUT2D eigenvalue weighted by Gasteiger charge is 2.37. The number of nitriles is 1. The molecule has 8 heteroatoms. The summed E-state index contributed by atoms with van der Waals surface area (Å²) in [5.74, 6) is -1.33. The number of aliphatic imine (C=N–C) groups is 1. The third-order valence-corrected chi connectivity index (χ3v) is 5.87. The number of carbonyl (C=O) groups is 1. The molecule has 0 bridgehead atoms. The molecule has 1 amide bonds. The summed E-state index contributed by atoms with van der Waals surface area (Å²) in [5, 5.41) is 27.7. The molecule has 3 rings (SSSR count). The Morgan fingerprint density at radius 2 is 1.94 bits per heavy atom. The lowest BCUT2D eigenvalue weighted by Gasteiger charge is -2.41. The first-order valence-corrected chi connectivity index (χ1v) is 10.2. The summed E-state index contributed by atoms with van der Waals surface area (Å²) < 4.78 is 14.1. The van der Waals surface area contributed by atoms with Crippen molar-refractivity contribution in [2.24, 2.45) is 4.99 Å². The molecule has 1 aliphatic carbocycles. The molecule has 7 nitrogen and oxygen atoms in total. The lowest BCUT2D eigenvalue weighted by molar-refractivity contribution is 0.0928. The summed E-state index contributed by atoms with van der Waals surface area (Å²) in [6.07, 6.45) is 4.95. The van der Waals surface area contributed by atoms with Crippen LogP contribution >= 0.6 is 0 Å². The van der Waals surface area contributed by atoms with E-state index in [1.807, 2.05) is 30.3 Å². The lowest BCUT2D eigenvalue weighted by Crippen LogP contribution is -2.49. The highest BCUT2D eigenvalue weighted by atomic mass is 19.1. The minimum absolute atomic E-state index is 0.141. The maximum atomic E-state index is 14.1. The Hall–Kier alpha value is -3.60. The Morgan fingerprint density at radius 1 is 1.23 bits per heavy atom. The van der Waals surface area contributed by atoms with Gasteiger partial charge in [-0.05, 0) is 43.4 Å². The number of hydrogen-bond acceptors (Lipinski definition) is 4. The van der Waals surface area contributed by atoms with Gasteiger partial charge in [-0.2, -0.15) is 5.26 Å². The van der Waals surface area contributed by atoms with Gasteiger partial charge in [-0.15, -0.1) is 4.99 Å². The normalized spacial score (nSPS) is 21.1. The molecule has 0 aliphatic heterocycles. The van der Waals surface area contributed by atoms with Crippen LogP contribution in [0.15, 0.2) is 53.5 Å². The average Bonchev–Trinajstić information content (AvgIpc) is 2.79. The molecule has 1 saturated carbocycles. The van der Waals surface area contributed by atoms with E-state index in [0.717, 1.165) is 37.3 Å². The number of benzene rings is 2. The van der Waals surface area contributed by atoms with E-state index in [1.165, 1.54) is 12.1 Å². The molecular weight excluding hydrogens is 397 g/mol. The van der Waals surface area contributed by atoms with Crippen molar-refractivity contribution < 1.29 is 14.3 Å². The number of nitrogens with zero attached hydrogens (tertiary/aromatic N) is 2. The van der Waals surface area contributed by atoms with Crippen LogP contribution in [-0.4, -0.2) is 36.6 Å². The van der Waals surface area contributed by atoms with Crippen LogP contribution < -0.4 is 16.0 Å². The molecule has 1 aliphatic rings. The molecule has 0 heterocycles. The Labute approximate surface area is 181 Å². The molecule has 4 N–H and O–H groups in total. The van der Waals surface area contributed by atoms with Crippen LogP contribution in [0.25, 0.3) is 0 Å². The van der Waals surface area contributed by atoms with E-state index in [9.17, 15) is 14.3 Å². The van der Waals surface area contributed by atoms with E-state index in [0.29, 0.717) is 12.5 Å². The van der Waals surface area contributed by atoms with Gasteiger partial charge in [0.1, 0.15) is 17.1 Å². The predicted molar refractivity (Wildman–Crippen MR) is 116 cm³/mol. The first kappa shape index (κ1) is 22.1. The van der Waals surface area contributed by atoms with Crippen LogP contribution in [0.3, 0.4) is 0 Å². The molecule has 0 radical (unpaired) electrons. The van der Waals surface area contributed by atoms with E-state index >= 15 is 0 Å². The van der Waals surface area contributed by atoms with Gasteiger partial charge in [0.25, 0.3) is 5.91 Å². The third-order valence-electron chi connectivity index (χ3n) is 5.87. The van der Waals surface area contributed by atoms with Crippen molar-refractivity contribution in [3.8, 4) is 11.9 Å². The van der Waals surface area contributed by atoms with E-state index in [1.54, 1.807) is 13.2 Å². The highest BCUT2D eigenvalue weighted by molar-refractivity contribution is 5.97. The summed E-state index contributed by atoms with van der Waals surface area (Å²) >= 11 is 0. The van der Waals surface area contributed by atoms with Crippen molar-refractivity contribution in [3.05, 3.63) is 65.5 Å². The number of halogens is 1. The molecule has 0 unspecified atom stereocenters. The maximum absolute atomic E-state index is 14.1. The molecule has 162 valence electrons. The Bertz CT molecular complexity index is 959. The molecule has 1 fully saturated rings. The van der Waals surface area contributed by atoms with Crippen molar-refractivity contribution in [1.29, 1.82) is 5.26 Å². The van der Waals surface area contributed by atoms with Gasteiger partial charge in [-0.3, -0.25) is 4.79 Å². The van der Waals surface area contributed by atoms with Gasteiger partial charge >= 0.3 is 0 Å². The number of guanidine groups is 1. The molecule has 0 atom stereocenters. The van der Waals surface area contributed by atoms with Crippen LogP contribution in [0.2, 0.25) is 0 Å². The SMILES string of the molecule is CN/C(=N\C#N)N[C@H]1CC[C@](CNC(=O)c2c(O)cccc2F)(c2ccccc2)CC1. The second kappa shape index (κ2) is 9.94. The van der Waals surface area contributed by atoms with Crippen LogP contribution in [0.1, 0.15) is 41.6 Å². The minimum Gasteiger partial charge on any atom is -0.507 e. The second-order valence-corrected chi connectivity index (χ2v) is 7.69. The summed E-state index contributed by atoms with van der Waals surface area (Å²) in [4.78, 5) is 16.4. The van der Waals surface area contributed by atoms with E-state index in [2.05, 4.69) is 20.9 Å². The van der Waals surface area contributed by atoms with Crippen LogP contribution in [0.4, 0.5) is 4.39 Å². The fraction of sp³-hybridized carbons (Fsp3) is 0.348. The molecule has 0 saturated heterocycles. The Balaban J connectivity index is 1.75. The summed E-state index contributed by atoms with van der Waals surface area (Å²) in [6.45, 7) is 0.321. The fourth-order valence-corrected chi connectivity index (χ4v) is 4.15. The molecule has 0 aromatic heterocycles. The second-order valence-electron chi connectivity index (χ2n) is 7.69. The zero-order chi connectivity index (χ0) is 22.3. The predicted octanol–water partition coefficient (Wildman–Crippen LogP) is 2.79. The standard InChI is InChI=1S/C23H26FN5O2/c1-26-22(28-15-25)29-17-10-12-23(13-11-17,16-6-3-2-4-7-16)14-27-21(31)20-18(24)8-5-9-19(20)30/h2-9,17,30H,10-14H2,1H3,(H,27,31)(H2,26,28,29)/t17-,23-. The van der Waals surface area contributed by atoms with Gasteiger partial charge < -0.3 is 21.1 Å². The number of rotatable bonds is 5. The summed E-state index contributed by atoms with van der Waals surface area (Å²) in [5.41, 5.74) is 0.445. The first-order valence-electron chi connectivity index (χ1n) is 10.2. The Kier molecular flexibility index (Phi) is 7.08. The summed E-state index contributed by atoms with van der Waals surface area (Å²) in [6, 6.07) is 13.9. The van der Waals surface area contributed by atoms with Crippen LogP contribution in [0.5, 0.6) is 5.75 Å². The lowest BCUT2D eigenvalue weighted by atomic mass is 9.68. The molecular formula is C23H26FN5O2. The third kappa shape index (κ3) is 5.12. The van der Waals surface area contributed by atoms with Gasteiger partial charge in [-0.1, -0.05) is 36.4 Å². The number of hydrogen-bond donors (Lipinski definition) is 4. The number of carbonyl (C=O) groups excluding carboxylic acids is 1. The van der Waals surface area contributed by atoms with E-state index in [4.69, 9.17) is 5.26 Å². The number of nitrogens with one attached hydrogen (secondary N) is 3. The van der Waals surface area contributed by atoms with Gasteiger partial charge in [-0.25, -0.2) is 4.39 Å². The van der Waals surface area contributed by atoms with Crippen LogP contribution in [-0.2, 0) is 5.41 Å². The Morgan fingerprint density at radius 3 is 2.55 bits per heavy atom. The van der Waals surface area contributed by atoms with Crippen molar-refractivity contribution in [2.45, 2.75) is 37.1 Å². The monoisotopic (exact) mass is 423 g/mol. The van der Waals surface area contributed by atoms with Gasteiger partial charge in [0.15, 0.2) is 0 Å². The van der Waals surface area contributed by atoms with Gasteiger partial charge in [0.05, 0.1) is 0 Å². The number of phenols is 1. The fourth-order valence-electron chi connectivity index (χ4n) is 4.15. The quantitative estimate of drug-likeness (QED) is 0.336. The first-order chi connectivity index (χ1) is 15.0. The highest BCUT2D eigenvalue weighted by Crippen LogP contribution is 2.39. The van der Waals surface area contributed by atoms with Crippen molar-refractivity contribution in [2.75, 3.05) is 13.6 Å². The van der Waals surface area contributed by atoms with E-state index < -0.39 is 11.7 Å². The largest absolute Gasteiger partial charge is 0.507 e. The number of amides is 1. The minimum atomic E-state index is -0.754. The molecule has 0 spiro atoms. The topological polar surface area (TPSA) is 110 Å². The van der Waals surface area contributed by atoms with Crippen LogP contribution in [0, 0.1) is 17.3 Å². The average molecular weight is 423 g/mol.